The van der Waals surface area contributed by atoms with Crippen molar-refractivity contribution in [3.05, 3.63) is 65.1 Å². The predicted molar refractivity (Wildman–Crippen MR) is 137 cm³/mol. The number of anilines is 1. The Bertz CT molecular complexity index is 1270. The van der Waals surface area contributed by atoms with Crippen LogP contribution < -0.4 is 10.1 Å². The summed E-state index contributed by atoms with van der Waals surface area (Å²) in [5.74, 6) is -3.18. The van der Waals surface area contributed by atoms with Gasteiger partial charge in [-0.15, -0.1) is 0 Å². The summed E-state index contributed by atoms with van der Waals surface area (Å²) in [7, 11) is 1.56. The predicted octanol–water partition coefficient (Wildman–Crippen LogP) is 5.73. The summed E-state index contributed by atoms with van der Waals surface area (Å²) in [6.45, 7) is 1.07. The fraction of sp³-hybridized carbons (Fsp3) is 0.429. The monoisotopic (exact) mass is 533 g/mol. The summed E-state index contributed by atoms with van der Waals surface area (Å²) >= 11 is 0. The average Bonchev–Trinajstić information content (AvgIpc) is 2.90. The van der Waals surface area contributed by atoms with E-state index in [0.717, 1.165) is 16.5 Å². The first-order valence-corrected chi connectivity index (χ1v) is 12.6. The van der Waals surface area contributed by atoms with Gasteiger partial charge in [-0.05, 0) is 69.0 Å². The second kappa shape index (κ2) is 12.0. The van der Waals surface area contributed by atoms with E-state index in [9.17, 15) is 27.5 Å². The Labute approximate surface area is 218 Å². The topological polar surface area (TPSA) is 74.7 Å². The van der Waals surface area contributed by atoms with Crippen LogP contribution in [-0.2, 0) is 17.9 Å². The number of alkyl halides is 1. The van der Waals surface area contributed by atoms with Crippen LogP contribution in [0.3, 0.4) is 0 Å². The molecule has 204 valence electrons. The maximum absolute atomic E-state index is 13.8. The zero-order valence-corrected chi connectivity index (χ0v) is 21.2. The molecule has 0 bridgehead atoms. The molecule has 0 unspecified atom stereocenters. The lowest BCUT2D eigenvalue weighted by molar-refractivity contribution is -0.152. The van der Waals surface area contributed by atoms with Gasteiger partial charge >= 0.3 is 5.97 Å². The van der Waals surface area contributed by atoms with Crippen LogP contribution >= 0.6 is 0 Å². The zero-order chi connectivity index (χ0) is 27.3. The normalized spacial score (nSPS) is 15.5. The van der Waals surface area contributed by atoms with Crippen molar-refractivity contribution in [2.75, 3.05) is 38.6 Å². The van der Waals surface area contributed by atoms with E-state index < -0.39 is 35.5 Å². The number of nitrogens with zero attached hydrogens (tertiary/aromatic N) is 2. The highest BCUT2D eigenvalue weighted by atomic mass is 19.1. The largest absolute Gasteiger partial charge is 0.497 e. The number of methoxy groups -OCH3 is 1. The number of ether oxygens (including phenoxy) is 1. The van der Waals surface area contributed by atoms with E-state index in [0.29, 0.717) is 75.2 Å². The molecule has 10 heteroatoms. The average molecular weight is 534 g/mol. The van der Waals surface area contributed by atoms with Crippen molar-refractivity contribution in [1.82, 2.24) is 9.88 Å². The summed E-state index contributed by atoms with van der Waals surface area (Å²) < 4.78 is 59.8. The molecule has 0 amide bonds. The van der Waals surface area contributed by atoms with Gasteiger partial charge in [-0.25, -0.2) is 17.6 Å². The third kappa shape index (κ3) is 6.01. The lowest BCUT2D eigenvalue weighted by atomic mass is 9.74. The Balaban J connectivity index is 1.35. The third-order valence-corrected chi connectivity index (χ3v) is 7.51. The van der Waals surface area contributed by atoms with Crippen LogP contribution in [0.25, 0.3) is 10.9 Å². The van der Waals surface area contributed by atoms with E-state index >= 15 is 0 Å². The van der Waals surface area contributed by atoms with Gasteiger partial charge in [-0.3, -0.25) is 9.78 Å². The fourth-order valence-electron chi connectivity index (χ4n) is 5.23. The number of likely N-dealkylation sites (tertiary alicyclic amines) is 1. The molecular weight excluding hydrogens is 502 g/mol. The van der Waals surface area contributed by atoms with Crippen molar-refractivity contribution in [3.63, 3.8) is 0 Å². The molecule has 0 atom stereocenters. The molecule has 6 nitrogen and oxygen atoms in total. The minimum Gasteiger partial charge on any atom is -0.497 e. The Morgan fingerprint density at radius 2 is 1.87 bits per heavy atom. The molecule has 2 aromatic carbocycles. The minimum absolute atomic E-state index is 0.226. The van der Waals surface area contributed by atoms with Crippen LogP contribution in [0.2, 0.25) is 0 Å². The summed E-state index contributed by atoms with van der Waals surface area (Å²) in [6, 6.07) is 6.69. The lowest BCUT2D eigenvalue weighted by Crippen LogP contribution is -2.45. The van der Waals surface area contributed by atoms with Gasteiger partial charge in [0.05, 0.1) is 18.0 Å². The highest BCUT2D eigenvalue weighted by molar-refractivity contribution is 5.84. The molecular formula is C28H31F4N3O3. The third-order valence-electron chi connectivity index (χ3n) is 7.51. The summed E-state index contributed by atoms with van der Waals surface area (Å²) in [5, 5.41) is 13.6. The molecule has 0 saturated carbocycles. The fourth-order valence-corrected chi connectivity index (χ4v) is 5.23. The summed E-state index contributed by atoms with van der Waals surface area (Å²) in [4.78, 5) is 18.7. The quantitative estimate of drug-likeness (QED) is 0.307. The number of aromatic nitrogens is 1. The molecule has 1 aliphatic heterocycles. The smallest absolute Gasteiger partial charge is 0.309 e. The first-order valence-electron chi connectivity index (χ1n) is 12.6. The molecule has 0 aliphatic carbocycles. The number of aryl methyl sites for hydroxylation is 1. The van der Waals surface area contributed by atoms with Crippen molar-refractivity contribution in [2.24, 2.45) is 5.41 Å². The number of benzene rings is 2. The van der Waals surface area contributed by atoms with E-state index in [4.69, 9.17) is 4.74 Å². The zero-order valence-electron chi connectivity index (χ0n) is 21.2. The van der Waals surface area contributed by atoms with Crippen molar-refractivity contribution < 1.29 is 32.2 Å². The lowest BCUT2D eigenvalue weighted by Gasteiger charge is -2.39. The minimum atomic E-state index is -0.998. The maximum Gasteiger partial charge on any atom is 0.309 e. The number of carboxylic acid groups (broad SMARTS) is 1. The van der Waals surface area contributed by atoms with E-state index in [-0.39, 0.29) is 12.2 Å². The molecule has 1 saturated heterocycles. The molecule has 0 radical (unpaired) electrons. The molecule has 1 aliphatic rings. The number of piperidine rings is 1. The number of nitrogens with one attached hydrogen (secondary N) is 1. The number of aliphatic carboxylic acids is 1. The van der Waals surface area contributed by atoms with Crippen molar-refractivity contribution in [1.29, 1.82) is 0 Å². The van der Waals surface area contributed by atoms with Crippen molar-refractivity contribution in [2.45, 2.75) is 38.8 Å². The Hall–Kier alpha value is -3.40. The number of pyridine rings is 1. The highest BCUT2D eigenvalue weighted by Gasteiger charge is 2.40. The van der Waals surface area contributed by atoms with Crippen LogP contribution in [0, 0.1) is 22.9 Å². The van der Waals surface area contributed by atoms with E-state index in [1.807, 2.05) is 17.0 Å². The second-order valence-corrected chi connectivity index (χ2v) is 9.73. The number of carboxylic acids is 1. The number of hydrogen-bond acceptors (Lipinski definition) is 5. The second-order valence-electron chi connectivity index (χ2n) is 9.73. The van der Waals surface area contributed by atoms with Crippen LogP contribution in [0.1, 0.15) is 36.8 Å². The van der Waals surface area contributed by atoms with Gasteiger partial charge in [0.25, 0.3) is 0 Å². The van der Waals surface area contributed by atoms with Gasteiger partial charge in [0.1, 0.15) is 23.9 Å². The van der Waals surface area contributed by atoms with Crippen molar-refractivity contribution >= 4 is 22.6 Å². The standard InChI is InChI=1S/C28H31F4N3O3/c1-38-20-4-5-25-22(15-20)21(18(16-29)17-34-25)3-2-6-28(27(36)37)7-10-35(11-8-28)12-9-33-26-23(31)13-19(30)14-24(26)32/h4-5,13-15,17,33H,2-3,6-12,16H2,1H3,(H,36,37). The van der Waals surface area contributed by atoms with Crippen LogP contribution in [0.4, 0.5) is 23.2 Å². The van der Waals surface area contributed by atoms with Crippen LogP contribution in [-0.4, -0.2) is 54.2 Å². The highest BCUT2D eigenvalue weighted by Crippen LogP contribution is 2.38. The Kier molecular flexibility index (Phi) is 8.71. The molecule has 2 heterocycles. The molecule has 3 aromatic rings. The number of hydrogen-bond donors (Lipinski definition) is 2. The molecule has 0 spiro atoms. The van der Waals surface area contributed by atoms with E-state index in [2.05, 4.69) is 10.3 Å². The van der Waals surface area contributed by atoms with Gasteiger partial charge in [-0.1, -0.05) is 0 Å². The SMILES string of the molecule is COc1ccc2ncc(CF)c(CCCC3(C(=O)O)CCN(CCNc4c(F)cc(F)cc4F)CC3)c2c1. The molecule has 4 rings (SSSR count). The van der Waals surface area contributed by atoms with Gasteiger partial charge < -0.3 is 20.1 Å². The number of fused-ring (bicyclic) bond motifs is 1. The number of carbonyl (C=O) groups is 1. The van der Waals surface area contributed by atoms with Crippen LogP contribution in [0.15, 0.2) is 36.5 Å². The van der Waals surface area contributed by atoms with Gasteiger partial charge in [0.2, 0.25) is 0 Å². The summed E-state index contributed by atoms with van der Waals surface area (Å²) in [5.41, 5.74) is 0.771. The Morgan fingerprint density at radius 3 is 2.50 bits per heavy atom. The van der Waals surface area contributed by atoms with Gasteiger partial charge in [0, 0.05) is 42.4 Å². The molecule has 1 aromatic heterocycles. The molecule has 1 fully saturated rings. The van der Waals surface area contributed by atoms with Crippen molar-refractivity contribution in [3.8, 4) is 5.75 Å². The summed E-state index contributed by atoms with van der Waals surface area (Å²) in [6.07, 6.45) is 3.93. The first-order chi connectivity index (χ1) is 18.3. The van der Waals surface area contributed by atoms with E-state index in [1.165, 1.54) is 6.20 Å². The first kappa shape index (κ1) is 27.6. The number of halogens is 4. The van der Waals surface area contributed by atoms with Gasteiger partial charge in [0.15, 0.2) is 11.6 Å². The van der Waals surface area contributed by atoms with Crippen LogP contribution in [0.5, 0.6) is 5.75 Å². The van der Waals surface area contributed by atoms with Gasteiger partial charge in [-0.2, -0.15) is 0 Å². The molecule has 2 N–H and O–H groups in total. The Morgan fingerprint density at radius 1 is 1.16 bits per heavy atom. The van der Waals surface area contributed by atoms with E-state index in [1.54, 1.807) is 13.2 Å². The maximum atomic E-state index is 13.8. The molecule has 38 heavy (non-hydrogen) atoms. The number of rotatable bonds is 11.